The zero-order valence-corrected chi connectivity index (χ0v) is 5.64. The molecule has 0 fully saturated rings. The van der Waals surface area contributed by atoms with Crippen LogP contribution in [-0.2, 0) is 9.09 Å². The molecule has 0 N–H and O–H groups in total. The maximum atomic E-state index is 9.67. The predicted octanol–water partition coefficient (Wildman–Crippen LogP) is 0.944. The second kappa shape index (κ2) is 3.58. The van der Waals surface area contributed by atoms with Gasteiger partial charge in [0.1, 0.15) is 6.26 Å². The van der Waals surface area contributed by atoms with Crippen molar-refractivity contribution in [3.8, 4) is 0 Å². The highest BCUT2D eigenvalue weighted by molar-refractivity contribution is 7.30. The van der Waals surface area contributed by atoms with E-state index in [-0.39, 0.29) is 0 Å². The van der Waals surface area contributed by atoms with Crippen molar-refractivity contribution in [2.75, 3.05) is 0 Å². The number of allylic oxidation sites excluding steroid dienone is 1. The molecule has 4 heteroatoms. The van der Waals surface area contributed by atoms with E-state index < -0.39 is 8.25 Å². The van der Waals surface area contributed by atoms with Crippen LogP contribution in [-0.4, -0.2) is 0 Å². The van der Waals surface area contributed by atoms with Crippen LogP contribution in [0.2, 0.25) is 0 Å². The van der Waals surface area contributed by atoms with E-state index >= 15 is 0 Å². The molecular formula is C4H7O3P. The number of rotatable bonds is 2. The molecule has 0 aliphatic rings. The lowest BCUT2D eigenvalue weighted by Crippen LogP contribution is -1.85. The Morgan fingerprint density at radius 2 is 2.25 bits per heavy atom. The fourth-order valence-corrected chi connectivity index (χ4v) is 0.445. The van der Waals surface area contributed by atoms with Gasteiger partial charge < -0.3 is 4.89 Å². The maximum Gasteiger partial charge on any atom is 0.538 e. The highest BCUT2D eigenvalue weighted by atomic mass is 31.1. The van der Waals surface area contributed by atoms with E-state index in [4.69, 9.17) is 0 Å². The predicted molar refractivity (Wildman–Crippen MR) is 28.1 cm³/mol. The summed E-state index contributed by atoms with van der Waals surface area (Å²) in [6.07, 6.45) is 1.19. The van der Waals surface area contributed by atoms with Crippen LogP contribution in [0.3, 0.4) is 0 Å². The third kappa shape index (κ3) is 5.60. The fourth-order valence-electron chi connectivity index (χ4n) is 0.148. The quantitative estimate of drug-likeness (QED) is 0.417. The van der Waals surface area contributed by atoms with Crippen LogP contribution in [0.1, 0.15) is 13.8 Å². The van der Waals surface area contributed by atoms with Crippen LogP contribution in [0.4, 0.5) is 0 Å². The lowest BCUT2D eigenvalue weighted by molar-refractivity contribution is -0.181. The van der Waals surface area contributed by atoms with Gasteiger partial charge in [-0.2, -0.15) is 0 Å². The molecule has 0 amide bonds. The van der Waals surface area contributed by atoms with Crippen LogP contribution in [0.25, 0.3) is 0 Å². The van der Waals surface area contributed by atoms with Gasteiger partial charge in [0.05, 0.1) is 0 Å². The van der Waals surface area contributed by atoms with E-state index in [0.717, 1.165) is 5.57 Å². The SMILES string of the molecule is CC(C)=CO[P+](=O)[O-]. The van der Waals surface area contributed by atoms with Gasteiger partial charge >= 0.3 is 8.25 Å². The van der Waals surface area contributed by atoms with E-state index in [1.807, 2.05) is 0 Å². The minimum atomic E-state index is -2.71. The Bertz CT molecular complexity index is 114. The molecule has 0 bridgehead atoms. The first-order valence-electron chi connectivity index (χ1n) is 2.07. The third-order valence-corrected chi connectivity index (χ3v) is 0.652. The van der Waals surface area contributed by atoms with Gasteiger partial charge in [-0.1, -0.05) is 0 Å². The summed E-state index contributed by atoms with van der Waals surface area (Å²) in [4.78, 5) is 9.67. The second-order valence-electron chi connectivity index (χ2n) is 1.52. The summed E-state index contributed by atoms with van der Waals surface area (Å²) >= 11 is 0. The molecule has 3 nitrogen and oxygen atoms in total. The Kier molecular flexibility index (Phi) is 3.40. The van der Waals surface area contributed by atoms with Crippen LogP contribution >= 0.6 is 8.25 Å². The van der Waals surface area contributed by atoms with Crippen LogP contribution in [0.5, 0.6) is 0 Å². The van der Waals surface area contributed by atoms with Crippen molar-refractivity contribution < 1.29 is 14.0 Å². The first-order chi connectivity index (χ1) is 3.63. The van der Waals surface area contributed by atoms with Gasteiger partial charge in [-0.15, -0.1) is 0 Å². The molecule has 0 aromatic rings. The van der Waals surface area contributed by atoms with Gasteiger partial charge in [-0.25, -0.2) is 0 Å². The average Bonchev–Trinajstić information content (AvgIpc) is 1.61. The van der Waals surface area contributed by atoms with Crippen molar-refractivity contribution in [1.29, 1.82) is 0 Å². The molecule has 0 saturated carbocycles. The lowest BCUT2D eigenvalue weighted by atomic mass is 10.4. The largest absolute Gasteiger partial charge is 0.558 e. The van der Waals surface area contributed by atoms with Gasteiger partial charge in [0, 0.05) is 0 Å². The molecule has 0 radical (unpaired) electrons. The molecule has 0 aliphatic carbocycles. The van der Waals surface area contributed by atoms with Crippen molar-refractivity contribution in [2.45, 2.75) is 13.8 Å². The highest BCUT2D eigenvalue weighted by Gasteiger charge is 1.93. The summed E-state index contributed by atoms with van der Waals surface area (Å²) in [7, 11) is -2.71. The molecule has 1 unspecified atom stereocenters. The summed E-state index contributed by atoms with van der Waals surface area (Å²) in [6.45, 7) is 3.50. The molecule has 0 heterocycles. The van der Waals surface area contributed by atoms with Gasteiger partial charge in [0.25, 0.3) is 0 Å². The Labute approximate surface area is 48.9 Å². The highest BCUT2D eigenvalue weighted by Crippen LogP contribution is 2.09. The normalized spacial score (nSPS) is 10.1. The minimum absolute atomic E-state index is 0.823. The first-order valence-corrected chi connectivity index (χ1v) is 3.17. The lowest BCUT2D eigenvalue weighted by Gasteiger charge is -1.83. The number of hydrogen-bond donors (Lipinski definition) is 0. The third-order valence-electron chi connectivity index (χ3n) is 0.374. The summed E-state index contributed by atoms with van der Waals surface area (Å²) in [6, 6.07) is 0. The molecule has 8 heavy (non-hydrogen) atoms. The summed E-state index contributed by atoms with van der Waals surface area (Å²) in [5.74, 6) is 0. The minimum Gasteiger partial charge on any atom is -0.558 e. The van der Waals surface area contributed by atoms with Gasteiger partial charge in [-0.05, 0) is 24.0 Å². The zero-order valence-electron chi connectivity index (χ0n) is 4.75. The molecule has 0 saturated heterocycles. The Balaban J connectivity index is 3.45. The summed E-state index contributed by atoms with van der Waals surface area (Å²) in [5, 5.41) is 0. The average molecular weight is 134 g/mol. The molecule has 0 aromatic heterocycles. The molecule has 0 aromatic carbocycles. The Morgan fingerprint density at radius 1 is 1.75 bits per heavy atom. The molecular weight excluding hydrogens is 127 g/mol. The standard InChI is InChI=1S/C4H7O3P/c1-4(2)3-7-8(5)6/h3H,1-2H3. The zero-order chi connectivity index (χ0) is 6.57. The summed E-state index contributed by atoms with van der Waals surface area (Å²) in [5.41, 5.74) is 0.823. The molecule has 0 rings (SSSR count). The van der Waals surface area contributed by atoms with Crippen molar-refractivity contribution in [3.05, 3.63) is 11.8 Å². The molecule has 46 valence electrons. The molecule has 0 spiro atoms. The van der Waals surface area contributed by atoms with Crippen LogP contribution in [0.15, 0.2) is 11.8 Å². The van der Waals surface area contributed by atoms with Gasteiger partial charge in [0.2, 0.25) is 0 Å². The molecule has 1 atom stereocenters. The maximum absolute atomic E-state index is 9.67. The van der Waals surface area contributed by atoms with Crippen molar-refractivity contribution in [3.63, 3.8) is 0 Å². The van der Waals surface area contributed by atoms with Crippen LogP contribution in [0, 0.1) is 0 Å². The van der Waals surface area contributed by atoms with E-state index in [2.05, 4.69) is 4.52 Å². The summed E-state index contributed by atoms with van der Waals surface area (Å²) < 4.78 is 13.8. The van der Waals surface area contributed by atoms with E-state index in [0.29, 0.717) is 0 Å². The Hall–Kier alpha value is -0.400. The van der Waals surface area contributed by atoms with Crippen molar-refractivity contribution >= 4 is 8.25 Å². The first kappa shape index (κ1) is 7.60. The van der Waals surface area contributed by atoms with Crippen molar-refractivity contribution in [1.82, 2.24) is 0 Å². The fraction of sp³-hybridized carbons (Fsp3) is 0.500. The second-order valence-corrected chi connectivity index (χ2v) is 2.18. The van der Waals surface area contributed by atoms with Crippen molar-refractivity contribution in [2.24, 2.45) is 0 Å². The van der Waals surface area contributed by atoms with Gasteiger partial charge in [-0.3, -0.25) is 4.52 Å². The molecule has 0 aliphatic heterocycles. The van der Waals surface area contributed by atoms with Gasteiger partial charge in [0.15, 0.2) is 0 Å². The van der Waals surface area contributed by atoms with E-state index in [1.165, 1.54) is 6.26 Å². The topological polar surface area (TPSA) is 49.4 Å². The monoisotopic (exact) mass is 134 g/mol. The Morgan fingerprint density at radius 3 is 2.38 bits per heavy atom. The van der Waals surface area contributed by atoms with Crippen LogP contribution < -0.4 is 4.89 Å². The smallest absolute Gasteiger partial charge is 0.538 e. The van der Waals surface area contributed by atoms with E-state index in [1.54, 1.807) is 13.8 Å². The van der Waals surface area contributed by atoms with E-state index in [9.17, 15) is 9.46 Å². The number of hydrogen-bond acceptors (Lipinski definition) is 3.